The maximum Gasteiger partial charge on any atom is 0.227 e. The summed E-state index contributed by atoms with van der Waals surface area (Å²) in [5, 5.41) is 11.3. The molecule has 0 saturated heterocycles. The fourth-order valence-electron chi connectivity index (χ4n) is 2.29. The highest BCUT2D eigenvalue weighted by Crippen LogP contribution is 2.30. The number of hydrogen-bond donors (Lipinski definition) is 1. The first-order chi connectivity index (χ1) is 11.5. The van der Waals surface area contributed by atoms with Crippen LogP contribution < -0.4 is 4.90 Å². The second-order valence-electron chi connectivity index (χ2n) is 5.32. The van der Waals surface area contributed by atoms with Gasteiger partial charge in [-0.15, -0.1) is 23.1 Å². The highest BCUT2D eigenvalue weighted by Gasteiger charge is 2.12. The number of phenols is 1. The number of aromatic hydroxyl groups is 1. The van der Waals surface area contributed by atoms with E-state index in [-0.39, 0.29) is 11.7 Å². The molecule has 1 N–H and O–H groups in total. The van der Waals surface area contributed by atoms with Crippen LogP contribution in [-0.2, 0) is 4.79 Å². The number of nitrogens with zero attached hydrogens (tertiary/aromatic N) is 3. The van der Waals surface area contributed by atoms with Crippen molar-refractivity contribution in [3.63, 3.8) is 0 Å². The van der Waals surface area contributed by atoms with Crippen molar-refractivity contribution >= 4 is 44.9 Å². The molecular formula is C17H17N3O2S2. The van der Waals surface area contributed by atoms with E-state index in [0.717, 1.165) is 20.9 Å². The molecule has 0 unspecified atom stereocenters. The van der Waals surface area contributed by atoms with Gasteiger partial charge < -0.3 is 10.0 Å². The molecule has 0 radical (unpaired) electrons. The number of rotatable bonds is 5. The Morgan fingerprint density at radius 3 is 2.79 bits per heavy atom. The minimum absolute atomic E-state index is 0.0278. The lowest BCUT2D eigenvalue weighted by molar-refractivity contribution is -0.117. The van der Waals surface area contributed by atoms with Crippen LogP contribution in [0.1, 0.15) is 11.3 Å². The minimum Gasteiger partial charge on any atom is -0.508 e. The van der Waals surface area contributed by atoms with E-state index in [1.54, 1.807) is 65.6 Å². The largest absolute Gasteiger partial charge is 0.508 e. The monoisotopic (exact) mass is 359 g/mol. The Morgan fingerprint density at radius 2 is 2.04 bits per heavy atom. The molecule has 24 heavy (non-hydrogen) atoms. The summed E-state index contributed by atoms with van der Waals surface area (Å²) >= 11 is 3.22. The van der Waals surface area contributed by atoms with Gasteiger partial charge in [-0.3, -0.25) is 4.79 Å². The summed E-state index contributed by atoms with van der Waals surface area (Å²) in [6.07, 6.45) is 1.99. The van der Waals surface area contributed by atoms with E-state index in [1.165, 1.54) is 4.88 Å². The molecule has 1 aromatic carbocycles. The van der Waals surface area contributed by atoms with Gasteiger partial charge in [-0.05, 0) is 37.3 Å². The van der Waals surface area contributed by atoms with Crippen LogP contribution in [0.4, 0.5) is 5.69 Å². The molecule has 2 aromatic heterocycles. The zero-order valence-electron chi connectivity index (χ0n) is 13.4. The van der Waals surface area contributed by atoms with Crippen molar-refractivity contribution in [1.82, 2.24) is 9.97 Å². The maximum absolute atomic E-state index is 12.3. The first-order valence-electron chi connectivity index (χ1n) is 7.44. The second kappa shape index (κ2) is 7.19. The van der Waals surface area contributed by atoms with Crippen molar-refractivity contribution in [2.24, 2.45) is 0 Å². The zero-order valence-corrected chi connectivity index (χ0v) is 15.0. The normalized spacial score (nSPS) is 10.9. The Morgan fingerprint density at radius 1 is 1.29 bits per heavy atom. The molecule has 0 bridgehead atoms. The lowest BCUT2D eigenvalue weighted by Crippen LogP contribution is -2.26. The smallest absolute Gasteiger partial charge is 0.227 e. The van der Waals surface area contributed by atoms with Crippen molar-refractivity contribution in [2.75, 3.05) is 17.7 Å². The van der Waals surface area contributed by atoms with Gasteiger partial charge >= 0.3 is 0 Å². The predicted molar refractivity (Wildman–Crippen MR) is 99.0 cm³/mol. The third kappa shape index (κ3) is 3.68. The molecule has 0 aliphatic carbocycles. The summed E-state index contributed by atoms with van der Waals surface area (Å²) in [5.41, 5.74) is 0.765. The number of thiophene rings is 1. The molecule has 2 heterocycles. The Kier molecular flexibility index (Phi) is 5.01. The van der Waals surface area contributed by atoms with E-state index in [1.807, 2.05) is 0 Å². The Labute approximate surface area is 148 Å². The van der Waals surface area contributed by atoms with Crippen LogP contribution in [0.3, 0.4) is 0 Å². The Balaban J connectivity index is 1.61. The molecule has 7 heteroatoms. The van der Waals surface area contributed by atoms with Gasteiger partial charge in [-0.2, -0.15) is 0 Å². The van der Waals surface area contributed by atoms with Gasteiger partial charge in [0.1, 0.15) is 21.9 Å². The van der Waals surface area contributed by atoms with Gasteiger partial charge in [0.2, 0.25) is 5.91 Å². The Hall–Kier alpha value is -2.12. The molecule has 124 valence electrons. The topological polar surface area (TPSA) is 66.3 Å². The first kappa shape index (κ1) is 16.7. The van der Waals surface area contributed by atoms with Gasteiger partial charge in [0.25, 0.3) is 0 Å². The summed E-state index contributed by atoms with van der Waals surface area (Å²) in [4.78, 5) is 24.7. The lowest BCUT2D eigenvalue weighted by atomic mass is 10.2. The van der Waals surface area contributed by atoms with E-state index in [9.17, 15) is 9.90 Å². The van der Waals surface area contributed by atoms with Crippen molar-refractivity contribution < 1.29 is 9.90 Å². The number of benzene rings is 1. The molecule has 5 nitrogen and oxygen atoms in total. The number of thioether (sulfide) groups is 1. The van der Waals surface area contributed by atoms with Crippen LogP contribution in [0.5, 0.6) is 5.75 Å². The molecule has 1 amide bonds. The average molecular weight is 359 g/mol. The van der Waals surface area contributed by atoms with Crippen LogP contribution in [0.2, 0.25) is 0 Å². The molecule has 0 aliphatic rings. The molecule has 3 rings (SSSR count). The number of amides is 1. The molecule has 0 atom stereocenters. The molecule has 0 saturated carbocycles. The number of hydrogen-bond acceptors (Lipinski definition) is 6. The van der Waals surface area contributed by atoms with Gasteiger partial charge in [-0.25, -0.2) is 9.97 Å². The van der Waals surface area contributed by atoms with Crippen LogP contribution in [-0.4, -0.2) is 33.8 Å². The number of carbonyl (C=O) groups is 1. The quantitative estimate of drug-likeness (QED) is 0.554. The first-order valence-corrected chi connectivity index (χ1v) is 9.24. The summed E-state index contributed by atoms with van der Waals surface area (Å²) < 4.78 is 0. The molecular weight excluding hydrogens is 342 g/mol. The van der Waals surface area contributed by atoms with E-state index in [0.29, 0.717) is 12.2 Å². The van der Waals surface area contributed by atoms with Gasteiger partial charge in [0.15, 0.2) is 0 Å². The fourth-order valence-corrected chi connectivity index (χ4v) is 4.11. The van der Waals surface area contributed by atoms with E-state index in [2.05, 4.69) is 23.0 Å². The van der Waals surface area contributed by atoms with Crippen LogP contribution in [0, 0.1) is 6.92 Å². The molecule has 0 fully saturated rings. The van der Waals surface area contributed by atoms with Gasteiger partial charge in [-0.1, -0.05) is 0 Å². The minimum atomic E-state index is 0.0278. The standard InChI is InChI=1S/C17H17N3O2S2/c1-11-9-14-16(18-10-19-17(14)24-11)23-8-7-15(22)20(2)12-3-5-13(21)6-4-12/h3-6,9-10,21H,7-8H2,1-2H3. The van der Waals surface area contributed by atoms with Crippen molar-refractivity contribution in [3.8, 4) is 5.75 Å². The van der Waals surface area contributed by atoms with Crippen LogP contribution in [0.15, 0.2) is 41.7 Å². The van der Waals surface area contributed by atoms with Gasteiger partial charge in [0, 0.05) is 35.2 Å². The van der Waals surface area contributed by atoms with E-state index < -0.39 is 0 Å². The SMILES string of the molecule is Cc1cc2c(SCCC(=O)N(C)c3ccc(O)cc3)ncnc2s1. The lowest BCUT2D eigenvalue weighted by Gasteiger charge is -2.17. The highest BCUT2D eigenvalue weighted by atomic mass is 32.2. The van der Waals surface area contributed by atoms with E-state index >= 15 is 0 Å². The van der Waals surface area contributed by atoms with Crippen molar-refractivity contribution in [3.05, 3.63) is 41.5 Å². The molecule has 0 aliphatic heterocycles. The summed E-state index contributed by atoms with van der Waals surface area (Å²) in [5.74, 6) is 0.872. The fraction of sp³-hybridized carbons (Fsp3) is 0.235. The predicted octanol–water partition coefficient (Wildman–Crippen LogP) is 3.85. The number of phenolic OH excluding ortho intramolecular Hbond substituents is 1. The summed E-state index contributed by atoms with van der Waals surface area (Å²) in [6, 6.07) is 8.69. The van der Waals surface area contributed by atoms with E-state index in [4.69, 9.17) is 0 Å². The van der Waals surface area contributed by atoms with Gasteiger partial charge in [0.05, 0.1) is 0 Å². The molecule has 0 spiro atoms. The number of aryl methyl sites for hydroxylation is 1. The Bertz CT molecular complexity index is 862. The third-order valence-electron chi connectivity index (χ3n) is 3.58. The second-order valence-corrected chi connectivity index (χ2v) is 7.64. The molecule has 3 aromatic rings. The van der Waals surface area contributed by atoms with Crippen molar-refractivity contribution in [1.29, 1.82) is 0 Å². The highest BCUT2D eigenvalue weighted by molar-refractivity contribution is 7.99. The summed E-state index contributed by atoms with van der Waals surface area (Å²) in [6.45, 7) is 2.05. The number of aromatic nitrogens is 2. The van der Waals surface area contributed by atoms with Crippen LogP contribution >= 0.6 is 23.1 Å². The number of carbonyl (C=O) groups excluding carboxylic acids is 1. The van der Waals surface area contributed by atoms with Crippen molar-refractivity contribution in [2.45, 2.75) is 18.4 Å². The third-order valence-corrected chi connectivity index (χ3v) is 5.55. The average Bonchev–Trinajstić information content (AvgIpc) is 2.96. The zero-order chi connectivity index (χ0) is 17.1. The maximum atomic E-state index is 12.3. The summed E-state index contributed by atoms with van der Waals surface area (Å²) in [7, 11) is 1.74. The number of anilines is 1. The van der Waals surface area contributed by atoms with Crippen LogP contribution in [0.25, 0.3) is 10.2 Å². The number of fused-ring (bicyclic) bond motifs is 1.